The van der Waals surface area contributed by atoms with Crippen LogP contribution in [-0.4, -0.2) is 29.8 Å². The van der Waals surface area contributed by atoms with Crippen LogP contribution in [-0.2, 0) is 4.79 Å². The molecule has 24 heavy (non-hydrogen) atoms. The molecule has 0 bridgehead atoms. The highest BCUT2D eigenvalue weighted by Gasteiger charge is 2.24. The Hall–Kier alpha value is -1.84. The maximum atomic E-state index is 12.9. The fraction of sp³-hybridized carbons (Fsp3) is 0.600. The first-order valence-corrected chi connectivity index (χ1v) is 9.45. The Morgan fingerprint density at radius 2 is 1.50 bits per heavy atom. The molecule has 1 aromatic rings. The van der Waals surface area contributed by atoms with Gasteiger partial charge < -0.3 is 10.2 Å². The molecule has 130 valence electrons. The van der Waals surface area contributed by atoms with Crippen LogP contribution in [0.5, 0.6) is 0 Å². The molecule has 4 heteroatoms. The number of carbonyl (C=O) groups is 2. The number of carbonyl (C=O) groups excluding carboxylic acids is 2. The van der Waals surface area contributed by atoms with Gasteiger partial charge in [0.1, 0.15) is 0 Å². The maximum absolute atomic E-state index is 12.9. The highest BCUT2D eigenvalue weighted by Crippen LogP contribution is 2.26. The molecule has 0 aromatic heterocycles. The van der Waals surface area contributed by atoms with Crippen LogP contribution in [0.25, 0.3) is 0 Å². The minimum atomic E-state index is 0.0523. The SMILES string of the molecule is O=C(Nc1ccccc1C(=O)N1CCCCCC1)C1CCCCC1. The summed E-state index contributed by atoms with van der Waals surface area (Å²) in [6, 6.07) is 7.45. The predicted octanol–water partition coefficient (Wildman–Crippen LogP) is 4.22. The zero-order chi connectivity index (χ0) is 16.8. The summed E-state index contributed by atoms with van der Waals surface area (Å²) in [6.07, 6.45) is 9.97. The number of likely N-dealkylation sites (tertiary alicyclic amines) is 1. The number of para-hydroxylation sites is 1. The maximum Gasteiger partial charge on any atom is 0.255 e. The minimum absolute atomic E-state index is 0.0523. The zero-order valence-corrected chi connectivity index (χ0v) is 14.4. The van der Waals surface area contributed by atoms with Crippen LogP contribution in [0.2, 0.25) is 0 Å². The van der Waals surface area contributed by atoms with Gasteiger partial charge in [-0.1, -0.05) is 44.2 Å². The third-order valence-electron chi connectivity index (χ3n) is 5.28. The van der Waals surface area contributed by atoms with Gasteiger partial charge in [0.15, 0.2) is 0 Å². The molecule has 4 nitrogen and oxygen atoms in total. The number of hydrogen-bond acceptors (Lipinski definition) is 2. The Kier molecular flexibility index (Phi) is 5.89. The molecular formula is C20H28N2O2. The lowest BCUT2D eigenvalue weighted by Gasteiger charge is -2.24. The van der Waals surface area contributed by atoms with Crippen molar-refractivity contribution in [3.63, 3.8) is 0 Å². The van der Waals surface area contributed by atoms with E-state index in [1.807, 2.05) is 29.2 Å². The van der Waals surface area contributed by atoms with E-state index < -0.39 is 0 Å². The number of benzene rings is 1. The topological polar surface area (TPSA) is 49.4 Å². The molecule has 2 amide bonds. The molecule has 1 aliphatic carbocycles. The van der Waals surface area contributed by atoms with Crippen molar-refractivity contribution in [2.75, 3.05) is 18.4 Å². The van der Waals surface area contributed by atoms with E-state index >= 15 is 0 Å². The fourth-order valence-corrected chi connectivity index (χ4v) is 3.82. The molecule has 0 radical (unpaired) electrons. The summed E-state index contributed by atoms with van der Waals surface area (Å²) in [5.74, 6) is 0.224. The highest BCUT2D eigenvalue weighted by atomic mass is 16.2. The van der Waals surface area contributed by atoms with Gasteiger partial charge in [-0.15, -0.1) is 0 Å². The van der Waals surface area contributed by atoms with Crippen molar-refractivity contribution in [1.82, 2.24) is 4.90 Å². The smallest absolute Gasteiger partial charge is 0.255 e. The van der Waals surface area contributed by atoms with Crippen LogP contribution < -0.4 is 5.32 Å². The van der Waals surface area contributed by atoms with Gasteiger partial charge in [-0.25, -0.2) is 0 Å². The summed E-state index contributed by atoms with van der Waals surface area (Å²) in [5, 5.41) is 3.03. The zero-order valence-electron chi connectivity index (χ0n) is 14.4. The lowest BCUT2D eigenvalue weighted by atomic mass is 9.88. The molecule has 1 saturated carbocycles. The molecule has 3 rings (SSSR count). The van der Waals surface area contributed by atoms with Gasteiger partial charge in [-0.2, -0.15) is 0 Å². The largest absolute Gasteiger partial charge is 0.339 e. The van der Waals surface area contributed by atoms with E-state index in [-0.39, 0.29) is 17.7 Å². The van der Waals surface area contributed by atoms with Gasteiger partial charge in [-0.3, -0.25) is 9.59 Å². The Morgan fingerprint density at radius 3 is 2.21 bits per heavy atom. The molecule has 2 fully saturated rings. The third kappa shape index (κ3) is 4.16. The molecule has 1 N–H and O–H groups in total. The van der Waals surface area contributed by atoms with E-state index in [1.165, 1.54) is 19.3 Å². The molecule has 0 unspecified atom stereocenters. The van der Waals surface area contributed by atoms with E-state index in [4.69, 9.17) is 0 Å². The van der Waals surface area contributed by atoms with Gasteiger partial charge in [0.05, 0.1) is 11.3 Å². The molecule has 0 spiro atoms. The van der Waals surface area contributed by atoms with Crippen molar-refractivity contribution < 1.29 is 9.59 Å². The van der Waals surface area contributed by atoms with Crippen molar-refractivity contribution in [2.45, 2.75) is 57.8 Å². The molecule has 1 aromatic carbocycles. The molecular weight excluding hydrogens is 300 g/mol. The molecule has 1 saturated heterocycles. The first-order valence-electron chi connectivity index (χ1n) is 9.45. The second-order valence-corrected chi connectivity index (χ2v) is 7.08. The van der Waals surface area contributed by atoms with Crippen molar-refractivity contribution in [3.8, 4) is 0 Å². The second kappa shape index (κ2) is 8.32. The lowest BCUT2D eigenvalue weighted by Crippen LogP contribution is -2.33. The van der Waals surface area contributed by atoms with Gasteiger partial charge in [0, 0.05) is 19.0 Å². The van der Waals surface area contributed by atoms with Crippen LogP contribution in [0.15, 0.2) is 24.3 Å². The van der Waals surface area contributed by atoms with E-state index in [2.05, 4.69) is 5.32 Å². The van der Waals surface area contributed by atoms with E-state index in [9.17, 15) is 9.59 Å². The Morgan fingerprint density at radius 1 is 0.875 bits per heavy atom. The van der Waals surface area contributed by atoms with Crippen LogP contribution in [0.3, 0.4) is 0 Å². The van der Waals surface area contributed by atoms with Crippen molar-refractivity contribution in [1.29, 1.82) is 0 Å². The number of anilines is 1. The molecule has 1 heterocycles. The number of nitrogens with one attached hydrogen (secondary N) is 1. The Labute approximate surface area is 144 Å². The minimum Gasteiger partial charge on any atom is -0.339 e. The Balaban J connectivity index is 1.72. The van der Waals surface area contributed by atoms with Gasteiger partial charge in [0.25, 0.3) is 5.91 Å². The van der Waals surface area contributed by atoms with Crippen LogP contribution in [0.4, 0.5) is 5.69 Å². The standard InChI is InChI=1S/C20H28N2O2/c23-19(16-10-4-3-5-11-16)21-18-13-7-6-12-17(18)20(24)22-14-8-1-2-9-15-22/h6-7,12-13,16H,1-5,8-11,14-15H2,(H,21,23). The normalized spacial score (nSPS) is 19.6. The second-order valence-electron chi connectivity index (χ2n) is 7.08. The first kappa shape index (κ1) is 17.0. The Bertz CT molecular complexity index is 571. The third-order valence-corrected chi connectivity index (χ3v) is 5.28. The van der Waals surface area contributed by atoms with Crippen molar-refractivity contribution >= 4 is 17.5 Å². The average molecular weight is 328 g/mol. The summed E-state index contributed by atoms with van der Waals surface area (Å²) in [7, 11) is 0. The molecule has 0 atom stereocenters. The lowest BCUT2D eigenvalue weighted by molar-refractivity contribution is -0.120. The van der Waals surface area contributed by atoms with Gasteiger partial charge in [-0.05, 0) is 37.8 Å². The number of hydrogen-bond donors (Lipinski definition) is 1. The van der Waals surface area contributed by atoms with Gasteiger partial charge >= 0.3 is 0 Å². The van der Waals surface area contributed by atoms with Crippen LogP contribution in [0, 0.1) is 5.92 Å². The van der Waals surface area contributed by atoms with Crippen LogP contribution >= 0.6 is 0 Å². The summed E-state index contributed by atoms with van der Waals surface area (Å²) < 4.78 is 0. The number of amides is 2. The summed E-state index contributed by atoms with van der Waals surface area (Å²) >= 11 is 0. The van der Waals surface area contributed by atoms with Gasteiger partial charge in [0.2, 0.25) is 5.91 Å². The van der Waals surface area contributed by atoms with E-state index in [0.29, 0.717) is 11.3 Å². The number of nitrogens with zero attached hydrogens (tertiary/aromatic N) is 1. The number of rotatable bonds is 3. The van der Waals surface area contributed by atoms with E-state index in [0.717, 1.165) is 51.6 Å². The van der Waals surface area contributed by atoms with Crippen molar-refractivity contribution in [3.05, 3.63) is 29.8 Å². The fourth-order valence-electron chi connectivity index (χ4n) is 3.82. The molecule has 2 aliphatic rings. The first-order chi connectivity index (χ1) is 11.8. The quantitative estimate of drug-likeness (QED) is 0.903. The summed E-state index contributed by atoms with van der Waals surface area (Å²) in [5.41, 5.74) is 1.30. The van der Waals surface area contributed by atoms with Crippen molar-refractivity contribution in [2.24, 2.45) is 5.92 Å². The average Bonchev–Trinajstić information content (AvgIpc) is 2.92. The monoisotopic (exact) mass is 328 g/mol. The predicted molar refractivity (Wildman–Crippen MR) is 96.0 cm³/mol. The van der Waals surface area contributed by atoms with Crippen LogP contribution in [0.1, 0.15) is 68.1 Å². The van der Waals surface area contributed by atoms with E-state index in [1.54, 1.807) is 0 Å². The highest BCUT2D eigenvalue weighted by molar-refractivity contribution is 6.04. The summed E-state index contributed by atoms with van der Waals surface area (Å²) in [6.45, 7) is 1.65. The molecule has 1 aliphatic heterocycles. The summed E-state index contributed by atoms with van der Waals surface area (Å²) in [4.78, 5) is 27.4.